The summed E-state index contributed by atoms with van der Waals surface area (Å²) in [7, 11) is 0. The predicted molar refractivity (Wildman–Crippen MR) is 91.6 cm³/mol. The van der Waals surface area contributed by atoms with E-state index in [1.807, 2.05) is 4.57 Å². The van der Waals surface area contributed by atoms with Gasteiger partial charge in [-0.3, -0.25) is 9.36 Å². The molecule has 4 heteroatoms. The molecule has 0 spiro atoms. The van der Waals surface area contributed by atoms with Crippen LogP contribution in [0.15, 0.2) is 40.8 Å². The van der Waals surface area contributed by atoms with Crippen LogP contribution < -0.4 is 5.56 Å². The van der Waals surface area contributed by atoms with Gasteiger partial charge >= 0.3 is 0 Å². The third-order valence-corrected chi connectivity index (χ3v) is 5.49. The second-order valence-electron chi connectivity index (χ2n) is 6.09. The smallest absolute Gasteiger partial charge is 0.262 e. The number of hydrogen-bond acceptors (Lipinski definition) is 3. The first-order valence-electron chi connectivity index (χ1n) is 7.79. The molecule has 0 bridgehead atoms. The standard InChI is InChI=1S/C18H18N2OS/c1-12-6-8-13(9-7-12)15-10-22-17-16(15)18(21)20(11-19-17)14-4-2-3-5-14/h6-11,14H,2-5H2,1H3. The average Bonchev–Trinajstić information content (AvgIpc) is 3.18. The number of thiophene rings is 1. The van der Waals surface area contributed by atoms with Crippen molar-refractivity contribution in [1.82, 2.24) is 9.55 Å². The molecule has 112 valence electrons. The van der Waals surface area contributed by atoms with Crippen molar-refractivity contribution in [3.8, 4) is 11.1 Å². The van der Waals surface area contributed by atoms with Gasteiger partial charge in [0.15, 0.2) is 0 Å². The lowest BCUT2D eigenvalue weighted by molar-refractivity contribution is 0.499. The highest BCUT2D eigenvalue weighted by Gasteiger charge is 2.21. The van der Waals surface area contributed by atoms with Gasteiger partial charge in [0.1, 0.15) is 4.83 Å². The fourth-order valence-corrected chi connectivity index (χ4v) is 4.24. The van der Waals surface area contributed by atoms with Gasteiger partial charge in [-0.1, -0.05) is 42.7 Å². The van der Waals surface area contributed by atoms with Crippen LogP contribution in [0.4, 0.5) is 0 Å². The predicted octanol–water partition coefficient (Wildman–Crippen LogP) is 4.55. The molecule has 1 saturated carbocycles. The molecular weight excluding hydrogens is 292 g/mol. The Kier molecular flexibility index (Phi) is 3.34. The number of fused-ring (bicyclic) bond motifs is 1. The van der Waals surface area contributed by atoms with Crippen LogP contribution in [0, 0.1) is 6.92 Å². The van der Waals surface area contributed by atoms with Crippen molar-refractivity contribution in [3.05, 3.63) is 51.9 Å². The lowest BCUT2D eigenvalue weighted by atomic mass is 10.0. The Morgan fingerprint density at radius 2 is 1.91 bits per heavy atom. The lowest BCUT2D eigenvalue weighted by Crippen LogP contribution is -2.23. The van der Waals surface area contributed by atoms with Gasteiger partial charge in [0, 0.05) is 17.0 Å². The lowest BCUT2D eigenvalue weighted by Gasteiger charge is -2.12. The first-order valence-corrected chi connectivity index (χ1v) is 8.67. The number of hydrogen-bond donors (Lipinski definition) is 0. The van der Waals surface area contributed by atoms with E-state index in [0.29, 0.717) is 6.04 Å². The first-order chi connectivity index (χ1) is 10.7. The molecule has 3 nitrogen and oxygen atoms in total. The summed E-state index contributed by atoms with van der Waals surface area (Å²) >= 11 is 1.55. The van der Waals surface area contributed by atoms with Gasteiger partial charge in [0.25, 0.3) is 5.56 Å². The van der Waals surface area contributed by atoms with Gasteiger partial charge in [-0.15, -0.1) is 11.3 Å². The van der Waals surface area contributed by atoms with Crippen molar-refractivity contribution >= 4 is 21.6 Å². The maximum absolute atomic E-state index is 13.0. The molecule has 1 aliphatic rings. The van der Waals surface area contributed by atoms with E-state index in [1.165, 1.54) is 18.4 Å². The van der Waals surface area contributed by atoms with Gasteiger partial charge in [-0.2, -0.15) is 0 Å². The van der Waals surface area contributed by atoms with Gasteiger partial charge in [0.2, 0.25) is 0 Å². The van der Waals surface area contributed by atoms with E-state index in [4.69, 9.17) is 0 Å². The van der Waals surface area contributed by atoms with Crippen molar-refractivity contribution in [2.45, 2.75) is 38.6 Å². The normalized spacial score (nSPS) is 15.7. The number of rotatable bonds is 2. The van der Waals surface area contributed by atoms with Crippen molar-refractivity contribution in [2.75, 3.05) is 0 Å². The van der Waals surface area contributed by atoms with Gasteiger partial charge in [0.05, 0.1) is 11.7 Å². The molecular formula is C18H18N2OS. The molecule has 0 aliphatic heterocycles. The van der Waals surface area contributed by atoms with E-state index < -0.39 is 0 Å². The van der Waals surface area contributed by atoms with Crippen LogP contribution in [0.25, 0.3) is 21.3 Å². The SMILES string of the molecule is Cc1ccc(-c2csc3ncn(C4CCCC4)c(=O)c23)cc1. The first kappa shape index (κ1) is 13.7. The summed E-state index contributed by atoms with van der Waals surface area (Å²) in [5.41, 5.74) is 3.46. The van der Waals surface area contributed by atoms with Crippen LogP contribution in [0.5, 0.6) is 0 Å². The molecule has 2 heterocycles. The summed E-state index contributed by atoms with van der Waals surface area (Å²) in [6.45, 7) is 2.07. The third-order valence-electron chi connectivity index (χ3n) is 4.60. The van der Waals surface area contributed by atoms with Crippen molar-refractivity contribution < 1.29 is 0 Å². The highest BCUT2D eigenvalue weighted by Crippen LogP contribution is 2.33. The minimum atomic E-state index is 0.119. The Morgan fingerprint density at radius 3 is 2.64 bits per heavy atom. The van der Waals surface area contributed by atoms with Crippen molar-refractivity contribution in [1.29, 1.82) is 0 Å². The van der Waals surface area contributed by atoms with Gasteiger partial charge < -0.3 is 0 Å². The summed E-state index contributed by atoms with van der Waals surface area (Å²) < 4.78 is 1.86. The Balaban J connectivity index is 1.91. The van der Waals surface area contributed by atoms with Crippen LogP contribution in [-0.2, 0) is 0 Å². The zero-order valence-electron chi connectivity index (χ0n) is 12.6. The summed E-state index contributed by atoms with van der Waals surface area (Å²) in [6.07, 6.45) is 6.36. The number of nitrogens with zero attached hydrogens (tertiary/aromatic N) is 2. The van der Waals surface area contributed by atoms with E-state index in [-0.39, 0.29) is 5.56 Å². The minimum Gasteiger partial charge on any atom is -0.296 e. The van der Waals surface area contributed by atoms with Crippen LogP contribution >= 0.6 is 11.3 Å². The summed E-state index contributed by atoms with van der Waals surface area (Å²) in [6, 6.07) is 8.68. The Hall–Kier alpha value is -1.94. The highest BCUT2D eigenvalue weighted by atomic mass is 32.1. The number of aryl methyl sites for hydroxylation is 1. The summed E-state index contributed by atoms with van der Waals surface area (Å²) in [4.78, 5) is 18.3. The molecule has 0 radical (unpaired) electrons. The van der Waals surface area contributed by atoms with Gasteiger partial charge in [-0.05, 0) is 25.3 Å². The maximum Gasteiger partial charge on any atom is 0.262 e. The zero-order valence-corrected chi connectivity index (χ0v) is 13.4. The number of benzene rings is 1. The van der Waals surface area contributed by atoms with Crippen LogP contribution in [0.3, 0.4) is 0 Å². The largest absolute Gasteiger partial charge is 0.296 e. The second-order valence-corrected chi connectivity index (χ2v) is 6.95. The molecule has 4 rings (SSSR count). The van der Waals surface area contributed by atoms with Crippen LogP contribution in [0.1, 0.15) is 37.3 Å². The molecule has 22 heavy (non-hydrogen) atoms. The van der Waals surface area contributed by atoms with Gasteiger partial charge in [-0.25, -0.2) is 4.98 Å². The molecule has 0 saturated heterocycles. The van der Waals surface area contributed by atoms with Crippen molar-refractivity contribution in [3.63, 3.8) is 0 Å². The molecule has 1 aromatic carbocycles. The fourth-order valence-electron chi connectivity index (χ4n) is 3.33. The monoisotopic (exact) mass is 310 g/mol. The molecule has 0 amide bonds. The van der Waals surface area contributed by atoms with E-state index in [9.17, 15) is 4.79 Å². The quantitative estimate of drug-likeness (QED) is 0.696. The second kappa shape index (κ2) is 5.36. The maximum atomic E-state index is 13.0. The van der Waals surface area contributed by atoms with Crippen molar-refractivity contribution in [2.24, 2.45) is 0 Å². The average molecular weight is 310 g/mol. The molecule has 0 atom stereocenters. The van der Waals surface area contributed by atoms with E-state index >= 15 is 0 Å². The summed E-state index contributed by atoms with van der Waals surface area (Å²) in [5, 5.41) is 2.84. The Labute approximate surface area is 133 Å². The highest BCUT2D eigenvalue weighted by molar-refractivity contribution is 7.17. The van der Waals surface area contributed by atoms with E-state index in [1.54, 1.807) is 17.7 Å². The molecule has 0 unspecified atom stereocenters. The van der Waals surface area contributed by atoms with E-state index in [2.05, 4.69) is 41.6 Å². The molecule has 3 aromatic rings. The Bertz CT molecular complexity index is 870. The molecule has 0 N–H and O–H groups in total. The number of aromatic nitrogens is 2. The van der Waals surface area contributed by atoms with E-state index in [0.717, 1.165) is 34.2 Å². The molecule has 1 aliphatic carbocycles. The summed E-state index contributed by atoms with van der Waals surface area (Å²) in [5.74, 6) is 0. The fraction of sp³-hybridized carbons (Fsp3) is 0.333. The zero-order chi connectivity index (χ0) is 15.1. The van der Waals surface area contributed by atoms with Crippen LogP contribution in [-0.4, -0.2) is 9.55 Å². The molecule has 2 aromatic heterocycles. The molecule has 1 fully saturated rings. The Morgan fingerprint density at radius 1 is 1.18 bits per heavy atom. The third kappa shape index (κ3) is 2.18. The van der Waals surface area contributed by atoms with Crippen LogP contribution in [0.2, 0.25) is 0 Å². The minimum absolute atomic E-state index is 0.119. The topological polar surface area (TPSA) is 34.9 Å².